The van der Waals surface area contributed by atoms with E-state index in [0.717, 1.165) is 25.1 Å². The Bertz CT molecular complexity index is 462. The van der Waals surface area contributed by atoms with E-state index < -0.39 is 11.7 Å². The Morgan fingerprint density at radius 1 is 1.14 bits per heavy atom. The quantitative estimate of drug-likeness (QED) is 0.735. The fraction of sp³-hybridized carbons (Fsp3) is 0.647. The molecule has 0 aromatic heterocycles. The molecule has 1 aromatic carbocycles. The molecule has 21 heavy (non-hydrogen) atoms. The number of benzene rings is 1. The standard InChI is InChI=1S/C17H26F3N/c1-12(2)11-21-9-8-16(4,5)15-7-6-14(10-13(15)3)17(18,19)20/h6-7,10,12,21H,8-9,11H2,1-5H3. The first-order valence-corrected chi connectivity index (χ1v) is 7.43. The average molecular weight is 301 g/mol. The van der Waals surface area contributed by atoms with Gasteiger partial charge in [-0.25, -0.2) is 0 Å². The predicted molar refractivity (Wildman–Crippen MR) is 81.5 cm³/mol. The number of nitrogens with one attached hydrogen (secondary N) is 1. The first-order valence-electron chi connectivity index (χ1n) is 7.43. The molecule has 1 aromatic rings. The number of hydrogen-bond donors (Lipinski definition) is 1. The van der Waals surface area contributed by atoms with E-state index in [2.05, 4.69) is 33.0 Å². The van der Waals surface area contributed by atoms with Crippen LogP contribution in [0.25, 0.3) is 0 Å². The van der Waals surface area contributed by atoms with Crippen molar-refractivity contribution in [1.29, 1.82) is 0 Å². The maximum absolute atomic E-state index is 12.7. The summed E-state index contributed by atoms with van der Waals surface area (Å²) in [7, 11) is 0. The van der Waals surface area contributed by atoms with Gasteiger partial charge >= 0.3 is 6.18 Å². The molecule has 0 atom stereocenters. The monoisotopic (exact) mass is 301 g/mol. The summed E-state index contributed by atoms with van der Waals surface area (Å²) in [6, 6.07) is 4.06. The third kappa shape index (κ3) is 5.34. The van der Waals surface area contributed by atoms with Crippen molar-refractivity contribution >= 4 is 0 Å². The second-order valence-electron chi connectivity index (χ2n) is 6.76. The average Bonchev–Trinajstić information content (AvgIpc) is 2.33. The highest BCUT2D eigenvalue weighted by Gasteiger charge is 2.32. The van der Waals surface area contributed by atoms with Crippen molar-refractivity contribution in [2.24, 2.45) is 5.92 Å². The first kappa shape index (κ1) is 18.0. The van der Waals surface area contributed by atoms with E-state index in [1.807, 2.05) is 0 Å². The lowest BCUT2D eigenvalue weighted by Gasteiger charge is -2.28. The molecular formula is C17H26F3N. The minimum Gasteiger partial charge on any atom is -0.316 e. The van der Waals surface area contributed by atoms with Crippen molar-refractivity contribution in [1.82, 2.24) is 5.32 Å². The summed E-state index contributed by atoms with van der Waals surface area (Å²) in [6.45, 7) is 12.1. The lowest BCUT2D eigenvalue weighted by Crippen LogP contribution is -2.28. The molecular weight excluding hydrogens is 275 g/mol. The molecule has 0 spiro atoms. The van der Waals surface area contributed by atoms with Crippen LogP contribution in [-0.2, 0) is 11.6 Å². The molecule has 0 heterocycles. The van der Waals surface area contributed by atoms with Gasteiger partial charge in [-0.2, -0.15) is 13.2 Å². The fourth-order valence-corrected chi connectivity index (χ4v) is 2.53. The Balaban J connectivity index is 2.79. The molecule has 0 radical (unpaired) electrons. The number of rotatable bonds is 6. The fourth-order valence-electron chi connectivity index (χ4n) is 2.53. The van der Waals surface area contributed by atoms with Gasteiger partial charge in [0.2, 0.25) is 0 Å². The van der Waals surface area contributed by atoms with E-state index in [0.29, 0.717) is 11.5 Å². The Labute approximate surface area is 125 Å². The largest absolute Gasteiger partial charge is 0.416 e. The highest BCUT2D eigenvalue weighted by molar-refractivity contribution is 5.37. The highest BCUT2D eigenvalue weighted by Crippen LogP contribution is 2.34. The van der Waals surface area contributed by atoms with Crippen LogP contribution in [0.3, 0.4) is 0 Å². The molecule has 4 heteroatoms. The van der Waals surface area contributed by atoms with Crippen molar-refractivity contribution in [3.05, 3.63) is 34.9 Å². The van der Waals surface area contributed by atoms with Crippen LogP contribution in [0.4, 0.5) is 13.2 Å². The van der Waals surface area contributed by atoms with E-state index in [1.54, 1.807) is 13.0 Å². The van der Waals surface area contributed by atoms with Crippen molar-refractivity contribution in [3.8, 4) is 0 Å². The molecule has 120 valence electrons. The van der Waals surface area contributed by atoms with Crippen LogP contribution >= 0.6 is 0 Å². The molecule has 0 amide bonds. The maximum Gasteiger partial charge on any atom is 0.416 e. The Kier molecular flexibility index (Phi) is 5.85. The van der Waals surface area contributed by atoms with Crippen molar-refractivity contribution in [2.45, 2.75) is 52.6 Å². The Morgan fingerprint density at radius 3 is 2.24 bits per heavy atom. The third-order valence-corrected chi connectivity index (χ3v) is 3.76. The van der Waals surface area contributed by atoms with E-state index in [-0.39, 0.29) is 5.41 Å². The van der Waals surface area contributed by atoms with Crippen LogP contribution in [0.1, 0.15) is 50.8 Å². The van der Waals surface area contributed by atoms with Crippen LogP contribution in [0.2, 0.25) is 0 Å². The third-order valence-electron chi connectivity index (χ3n) is 3.76. The summed E-state index contributed by atoms with van der Waals surface area (Å²) in [5.74, 6) is 0.598. The zero-order chi connectivity index (χ0) is 16.3. The molecule has 0 aliphatic rings. The van der Waals surface area contributed by atoms with Gasteiger partial charge in [-0.3, -0.25) is 0 Å². The number of aryl methyl sites for hydroxylation is 1. The van der Waals surface area contributed by atoms with Crippen LogP contribution in [0.5, 0.6) is 0 Å². The summed E-state index contributed by atoms with van der Waals surface area (Å²) >= 11 is 0. The molecule has 1 rings (SSSR count). The Hall–Kier alpha value is -1.03. The summed E-state index contributed by atoms with van der Waals surface area (Å²) < 4.78 is 38.1. The summed E-state index contributed by atoms with van der Waals surface area (Å²) in [5, 5.41) is 3.39. The van der Waals surface area contributed by atoms with Crippen molar-refractivity contribution in [3.63, 3.8) is 0 Å². The summed E-state index contributed by atoms with van der Waals surface area (Å²) in [5.41, 5.74) is 0.982. The van der Waals surface area contributed by atoms with Gasteiger partial charge in [0.05, 0.1) is 5.56 Å². The zero-order valence-electron chi connectivity index (χ0n) is 13.6. The SMILES string of the molecule is Cc1cc(C(F)(F)F)ccc1C(C)(C)CCNCC(C)C. The van der Waals surface area contributed by atoms with Gasteiger partial charge in [0.25, 0.3) is 0 Å². The van der Waals surface area contributed by atoms with E-state index in [9.17, 15) is 13.2 Å². The van der Waals surface area contributed by atoms with Gasteiger partial charge in [-0.15, -0.1) is 0 Å². The van der Waals surface area contributed by atoms with Crippen LogP contribution in [0, 0.1) is 12.8 Å². The van der Waals surface area contributed by atoms with Gasteiger partial charge < -0.3 is 5.32 Å². The molecule has 0 fully saturated rings. The van der Waals surface area contributed by atoms with E-state index in [1.165, 1.54) is 12.1 Å². The molecule has 1 N–H and O–H groups in total. The molecule has 1 nitrogen and oxygen atoms in total. The summed E-state index contributed by atoms with van der Waals surface area (Å²) in [4.78, 5) is 0. The molecule has 0 saturated heterocycles. The normalized spacial score (nSPS) is 13.0. The topological polar surface area (TPSA) is 12.0 Å². The highest BCUT2D eigenvalue weighted by atomic mass is 19.4. The van der Waals surface area contributed by atoms with Gasteiger partial charge in [-0.1, -0.05) is 33.8 Å². The predicted octanol–water partition coefficient (Wildman–Crippen LogP) is 4.93. The zero-order valence-corrected chi connectivity index (χ0v) is 13.6. The molecule has 0 unspecified atom stereocenters. The number of alkyl halides is 3. The lowest BCUT2D eigenvalue weighted by atomic mass is 9.79. The minimum absolute atomic E-state index is 0.141. The molecule has 0 aliphatic heterocycles. The summed E-state index contributed by atoms with van der Waals surface area (Å²) in [6.07, 6.45) is -3.38. The van der Waals surface area contributed by atoms with E-state index in [4.69, 9.17) is 0 Å². The van der Waals surface area contributed by atoms with Crippen molar-refractivity contribution < 1.29 is 13.2 Å². The van der Waals surface area contributed by atoms with E-state index >= 15 is 0 Å². The molecule has 0 saturated carbocycles. The molecule has 0 bridgehead atoms. The Morgan fingerprint density at radius 2 is 1.76 bits per heavy atom. The van der Waals surface area contributed by atoms with Gasteiger partial charge in [0, 0.05) is 0 Å². The lowest BCUT2D eigenvalue weighted by molar-refractivity contribution is -0.137. The van der Waals surface area contributed by atoms with Gasteiger partial charge in [-0.05, 0) is 61.0 Å². The van der Waals surface area contributed by atoms with Crippen LogP contribution in [-0.4, -0.2) is 13.1 Å². The number of hydrogen-bond acceptors (Lipinski definition) is 1. The smallest absolute Gasteiger partial charge is 0.316 e. The first-order chi connectivity index (χ1) is 9.54. The molecule has 0 aliphatic carbocycles. The second kappa shape index (κ2) is 6.82. The number of halogens is 3. The maximum atomic E-state index is 12.7. The van der Waals surface area contributed by atoms with Gasteiger partial charge in [0.1, 0.15) is 0 Å². The van der Waals surface area contributed by atoms with Crippen molar-refractivity contribution in [2.75, 3.05) is 13.1 Å². The van der Waals surface area contributed by atoms with Crippen LogP contribution < -0.4 is 5.32 Å². The van der Waals surface area contributed by atoms with Gasteiger partial charge in [0.15, 0.2) is 0 Å². The minimum atomic E-state index is -4.27. The van der Waals surface area contributed by atoms with Crippen LogP contribution in [0.15, 0.2) is 18.2 Å². The second-order valence-corrected chi connectivity index (χ2v) is 6.76.